The van der Waals surface area contributed by atoms with Gasteiger partial charge in [-0.15, -0.1) is 0 Å². The molecule has 0 aliphatic carbocycles. The molecule has 1 N–H and O–H groups in total. The Hall–Kier alpha value is -0.820. The van der Waals surface area contributed by atoms with Crippen LogP contribution >= 0.6 is 0 Å². The van der Waals surface area contributed by atoms with E-state index in [1.165, 1.54) is 17.6 Å². The van der Waals surface area contributed by atoms with Gasteiger partial charge in [-0.25, -0.2) is 0 Å². The molecule has 0 bridgehead atoms. The lowest BCUT2D eigenvalue weighted by Gasteiger charge is -2.03. The SMILES string of the molecule is C=CC1=C(/C=C\C)CNCCC1. The summed E-state index contributed by atoms with van der Waals surface area (Å²) in [7, 11) is 0. The fourth-order valence-electron chi connectivity index (χ4n) is 1.50. The van der Waals surface area contributed by atoms with E-state index >= 15 is 0 Å². The van der Waals surface area contributed by atoms with E-state index in [4.69, 9.17) is 0 Å². The standard InChI is InChI=1S/C11H17N/c1-3-6-11-9-12-8-5-7-10(11)4-2/h3-4,6,12H,2,5,7-9H2,1H3/b6-3-. The molecule has 0 unspecified atom stereocenters. The summed E-state index contributed by atoms with van der Waals surface area (Å²) < 4.78 is 0. The zero-order valence-corrected chi connectivity index (χ0v) is 7.77. The van der Waals surface area contributed by atoms with Gasteiger partial charge in [0.1, 0.15) is 0 Å². The van der Waals surface area contributed by atoms with Crippen molar-refractivity contribution in [1.82, 2.24) is 5.32 Å². The molecule has 1 nitrogen and oxygen atoms in total. The van der Waals surface area contributed by atoms with Crippen molar-refractivity contribution in [3.63, 3.8) is 0 Å². The molecule has 66 valence electrons. The first-order chi connectivity index (χ1) is 5.88. The molecule has 1 aliphatic rings. The molecule has 0 saturated heterocycles. The van der Waals surface area contributed by atoms with Gasteiger partial charge in [0.15, 0.2) is 0 Å². The van der Waals surface area contributed by atoms with Gasteiger partial charge in [-0.05, 0) is 37.5 Å². The van der Waals surface area contributed by atoms with Crippen molar-refractivity contribution < 1.29 is 0 Å². The van der Waals surface area contributed by atoms with Gasteiger partial charge >= 0.3 is 0 Å². The van der Waals surface area contributed by atoms with Crippen LogP contribution in [0.15, 0.2) is 36.0 Å². The van der Waals surface area contributed by atoms with Crippen LogP contribution < -0.4 is 5.32 Å². The highest BCUT2D eigenvalue weighted by molar-refractivity contribution is 5.34. The zero-order chi connectivity index (χ0) is 8.81. The van der Waals surface area contributed by atoms with E-state index in [0.717, 1.165) is 19.5 Å². The molecule has 1 heterocycles. The largest absolute Gasteiger partial charge is 0.313 e. The van der Waals surface area contributed by atoms with Crippen LogP contribution in [0.2, 0.25) is 0 Å². The molecular formula is C11H17N. The van der Waals surface area contributed by atoms with E-state index < -0.39 is 0 Å². The lowest BCUT2D eigenvalue weighted by Crippen LogP contribution is -2.15. The van der Waals surface area contributed by atoms with E-state index in [2.05, 4.69) is 31.0 Å². The second-order valence-corrected chi connectivity index (χ2v) is 3.03. The van der Waals surface area contributed by atoms with Gasteiger partial charge in [0, 0.05) is 6.54 Å². The van der Waals surface area contributed by atoms with Crippen LogP contribution in [0.3, 0.4) is 0 Å². The Morgan fingerprint density at radius 1 is 1.42 bits per heavy atom. The van der Waals surface area contributed by atoms with Crippen molar-refractivity contribution in [2.45, 2.75) is 19.8 Å². The van der Waals surface area contributed by atoms with Crippen molar-refractivity contribution in [2.75, 3.05) is 13.1 Å². The summed E-state index contributed by atoms with van der Waals surface area (Å²) in [5.74, 6) is 0. The molecular weight excluding hydrogens is 146 g/mol. The quantitative estimate of drug-likeness (QED) is 0.659. The molecule has 0 spiro atoms. The van der Waals surface area contributed by atoms with Crippen LogP contribution in [0.4, 0.5) is 0 Å². The maximum atomic E-state index is 3.84. The number of rotatable bonds is 2. The van der Waals surface area contributed by atoms with Gasteiger partial charge in [0.2, 0.25) is 0 Å². The van der Waals surface area contributed by atoms with E-state index in [0.29, 0.717) is 0 Å². The molecule has 0 atom stereocenters. The molecule has 0 aromatic carbocycles. The summed E-state index contributed by atoms with van der Waals surface area (Å²) in [5, 5.41) is 3.39. The minimum Gasteiger partial charge on any atom is -0.313 e. The second-order valence-electron chi connectivity index (χ2n) is 3.03. The van der Waals surface area contributed by atoms with Gasteiger partial charge in [-0.1, -0.05) is 24.8 Å². The van der Waals surface area contributed by atoms with Crippen LogP contribution in [-0.4, -0.2) is 13.1 Å². The van der Waals surface area contributed by atoms with Crippen molar-refractivity contribution in [2.24, 2.45) is 0 Å². The van der Waals surface area contributed by atoms with Crippen molar-refractivity contribution in [3.8, 4) is 0 Å². The molecule has 1 rings (SSSR count). The van der Waals surface area contributed by atoms with Crippen molar-refractivity contribution in [1.29, 1.82) is 0 Å². The van der Waals surface area contributed by atoms with Crippen LogP contribution in [0, 0.1) is 0 Å². The summed E-state index contributed by atoms with van der Waals surface area (Å²) in [6.45, 7) is 8.01. The fraction of sp³-hybridized carbons (Fsp3) is 0.455. The number of hydrogen-bond acceptors (Lipinski definition) is 1. The first kappa shape index (κ1) is 9.27. The molecule has 0 radical (unpaired) electrons. The Morgan fingerprint density at radius 2 is 2.25 bits per heavy atom. The van der Waals surface area contributed by atoms with Crippen LogP contribution in [0.25, 0.3) is 0 Å². The minimum atomic E-state index is 0.992. The summed E-state index contributed by atoms with van der Waals surface area (Å²) in [5.41, 5.74) is 2.79. The molecule has 0 aromatic heterocycles. The van der Waals surface area contributed by atoms with Gasteiger partial charge in [-0.2, -0.15) is 0 Å². The molecule has 0 saturated carbocycles. The number of hydrogen-bond donors (Lipinski definition) is 1. The van der Waals surface area contributed by atoms with Gasteiger partial charge < -0.3 is 5.32 Å². The highest BCUT2D eigenvalue weighted by atomic mass is 14.8. The summed E-state index contributed by atoms with van der Waals surface area (Å²) in [6.07, 6.45) is 8.64. The Balaban J connectivity index is 2.81. The van der Waals surface area contributed by atoms with Crippen molar-refractivity contribution >= 4 is 0 Å². The van der Waals surface area contributed by atoms with Gasteiger partial charge in [0.05, 0.1) is 0 Å². The maximum Gasteiger partial charge on any atom is 0.0208 e. The third-order valence-corrected chi connectivity index (χ3v) is 2.14. The zero-order valence-electron chi connectivity index (χ0n) is 7.77. The summed E-state index contributed by atoms with van der Waals surface area (Å²) in [4.78, 5) is 0. The summed E-state index contributed by atoms with van der Waals surface area (Å²) >= 11 is 0. The molecule has 0 amide bonds. The molecule has 1 aliphatic heterocycles. The highest BCUT2D eigenvalue weighted by Crippen LogP contribution is 2.15. The minimum absolute atomic E-state index is 0.992. The smallest absolute Gasteiger partial charge is 0.0208 e. The van der Waals surface area contributed by atoms with Gasteiger partial charge in [-0.3, -0.25) is 0 Å². The van der Waals surface area contributed by atoms with Gasteiger partial charge in [0.25, 0.3) is 0 Å². The number of allylic oxidation sites excluding steroid dienone is 3. The third kappa shape index (κ3) is 2.35. The van der Waals surface area contributed by atoms with E-state index in [1.54, 1.807) is 0 Å². The maximum absolute atomic E-state index is 3.84. The average Bonchev–Trinajstić information content (AvgIpc) is 2.30. The monoisotopic (exact) mass is 163 g/mol. The van der Waals surface area contributed by atoms with Crippen LogP contribution in [0.1, 0.15) is 19.8 Å². The highest BCUT2D eigenvalue weighted by Gasteiger charge is 2.04. The first-order valence-electron chi connectivity index (χ1n) is 4.56. The Kier molecular flexibility index (Phi) is 3.81. The lowest BCUT2D eigenvalue weighted by atomic mass is 10.0. The average molecular weight is 163 g/mol. The van der Waals surface area contributed by atoms with E-state index in [-0.39, 0.29) is 0 Å². The van der Waals surface area contributed by atoms with E-state index in [1.807, 2.05) is 6.08 Å². The Labute approximate surface area is 74.9 Å². The van der Waals surface area contributed by atoms with Crippen LogP contribution in [-0.2, 0) is 0 Å². The topological polar surface area (TPSA) is 12.0 Å². The molecule has 1 heteroatoms. The predicted molar refractivity (Wildman–Crippen MR) is 54.1 cm³/mol. The molecule has 0 fully saturated rings. The molecule has 0 aromatic rings. The van der Waals surface area contributed by atoms with E-state index in [9.17, 15) is 0 Å². The second kappa shape index (κ2) is 4.94. The molecule has 12 heavy (non-hydrogen) atoms. The Morgan fingerprint density at radius 3 is 2.92 bits per heavy atom. The van der Waals surface area contributed by atoms with Crippen LogP contribution in [0.5, 0.6) is 0 Å². The Bertz CT molecular complexity index is 211. The lowest BCUT2D eigenvalue weighted by molar-refractivity contribution is 0.714. The first-order valence-corrected chi connectivity index (χ1v) is 4.56. The third-order valence-electron chi connectivity index (χ3n) is 2.14. The predicted octanol–water partition coefficient (Wildman–Crippen LogP) is 2.43. The van der Waals surface area contributed by atoms with Crippen molar-refractivity contribution in [3.05, 3.63) is 36.0 Å². The number of nitrogens with one attached hydrogen (secondary N) is 1. The summed E-state index contributed by atoms with van der Waals surface area (Å²) in [6, 6.07) is 0. The fourth-order valence-corrected chi connectivity index (χ4v) is 1.50. The normalized spacial score (nSPS) is 19.8.